The van der Waals surface area contributed by atoms with E-state index < -0.39 is 0 Å². The van der Waals surface area contributed by atoms with Crippen molar-refractivity contribution in [3.8, 4) is 34.0 Å². The highest BCUT2D eigenvalue weighted by atomic mass is 16.5. The predicted molar refractivity (Wildman–Crippen MR) is 197 cm³/mol. The van der Waals surface area contributed by atoms with Crippen molar-refractivity contribution < 1.29 is 4.74 Å². The lowest BCUT2D eigenvalue weighted by Crippen LogP contribution is -2.11. The average Bonchev–Trinajstić information content (AvgIpc) is 3.56. The predicted octanol–water partition coefficient (Wildman–Crippen LogP) is 11.5. The third kappa shape index (κ3) is 5.42. The van der Waals surface area contributed by atoms with Crippen LogP contribution in [-0.2, 0) is 18.3 Å². The average molecular weight is 618 g/mol. The molecule has 0 saturated carbocycles. The lowest BCUT2D eigenvalue weighted by Gasteiger charge is -2.20. The summed E-state index contributed by atoms with van der Waals surface area (Å²) in [5, 5.41) is 7.48. The minimum atomic E-state index is 0.0535. The zero-order valence-corrected chi connectivity index (χ0v) is 28.6. The minimum Gasteiger partial charge on any atom is -0.457 e. The van der Waals surface area contributed by atoms with Gasteiger partial charge in [0.2, 0.25) is 0 Å². The molecule has 7 aromatic rings. The van der Waals surface area contributed by atoms with Gasteiger partial charge in [0.05, 0.1) is 22.4 Å². The number of aryl methyl sites for hydroxylation is 3. The number of hydrogen-bond donors (Lipinski definition) is 0. The monoisotopic (exact) mass is 617 g/mol. The van der Waals surface area contributed by atoms with Gasteiger partial charge in [0.15, 0.2) is 0 Å². The van der Waals surface area contributed by atoms with Crippen molar-refractivity contribution in [3.05, 3.63) is 137 Å². The second-order valence-electron chi connectivity index (χ2n) is 13.5. The molecule has 0 saturated heterocycles. The Bertz CT molecular complexity index is 2240. The van der Waals surface area contributed by atoms with E-state index in [0.717, 1.165) is 52.6 Å². The molecular formula is C43H43N3O. The molecule has 5 aromatic carbocycles. The van der Waals surface area contributed by atoms with E-state index in [0.29, 0.717) is 0 Å². The van der Waals surface area contributed by atoms with Gasteiger partial charge in [0, 0.05) is 39.8 Å². The number of rotatable bonds is 7. The van der Waals surface area contributed by atoms with E-state index in [-0.39, 0.29) is 5.41 Å². The van der Waals surface area contributed by atoms with E-state index in [1.165, 1.54) is 44.1 Å². The van der Waals surface area contributed by atoms with Gasteiger partial charge in [-0.15, -0.1) is 0 Å². The first kappa shape index (κ1) is 30.6. The van der Waals surface area contributed by atoms with E-state index in [1.54, 1.807) is 0 Å². The molecule has 4 heteroatoms. The van der Waals surface area contributed by atoms with Gasteiger partial charge in [-0.2, -0.15) is 5.10 Å². The molecule has 0 unspecified atom stereocenters. The normalized spacial score (nSPS) is 11.9. The maximum absolute atomic E-state index is 6.59. The summed E-state index contributed by atoms with van der Waals surface area (Å²) in [5.74, 6) is 1.57. The van der Waals surface area contributed by atoms with Crippen molar-refractivity contribution in [1.82, 2.24) is 14.3 Å². The zero-order valence-electron chi connectivity index (χ0n) is 28.6. The third-order valence-corrected chi connectivity index (χ3v) is 9.45. The van der Waals surface area contributed by atoms with Gasteiger partial charge in [-0.1, -0.05) is 89.2 Å². The molecule has 47 heavy (non-hydrogen) atoms. The van der Waals surface area contributed by atoms with Crippen molar-refractivity contribution in [3.63, 3.8) is 0 Å². The fourth-order valence-corrected chi connectivity index (χ4v) is 7.04. The van der Waals surface area contributed by atoms with Crippen LogP contribution in [0.5, 0.6) is 11.5 Å². The molecule has 0 bridgehead atoms. The Hall–Kier alpha value is -5.09. The first-order chi connectivity index (χ1) is 22.7. The van der Waals surface area contributed by atoms with Crippen LogP contribution in [0.25, 0.3) is 44.3 Å². The maximum Gasteiger partial charge on any atom is 0.129 e. The summed E-state index contributed by atoms with van der Waals surface area (Å²) >= 11 is 0. The largest absolute Gasteiger partial charge is 0.457 e. The first-order valence-corrected chi connectivity index (χ1v) is 16.8. The Morgan fingerprint density at radius 2 is 1.28 bits per heavy atom. The van der Waals surface area contributed by atoms with Crippen LogP contribution in [0, 0.1) is 13.8 Å². The number of hydrogen-bond acceptors (Lipinski definition) is 2. The molecule has 0 N–H and O–H groups in total. The smallest absolute Gasteiger partial charge is 0.129 e. The van der Waals surface area contributed by atoms with Crippen LogP contribution in [-0.4, -0.2) is 14.3 Å². The number of fused-ring (bicyclic) bond motifs is 3. The van der Waals surface area contributed by atoms with Crippen LogP contribution in [0.3, 0.4) is 0 Å². The second kappa shape index (κ2) is 11.9. The summed E-state index contributed by atoms with van der Waals surface area (Å²) < 4.78 is 11.0. The van der Waals surface area contributed by atoms with Gasteiger partial charge in [0.1, 0.15) is 11.5 Å². The summed E-state index contributed by atoms with van der Waals surface area (Å²) in [5.41, 5.74) is 13.3. The van der Waals surface area contributed by atoms with E-state index in [4.69, 9.17) is 9.84 Å². The van der Waals surface area contributed by atoms with E-state index in [1.807, 2.05) is 12.1 Å². The molecule has 0 aliphatic heterocycles. The van der Waals surface area contributed by atoms with E-state index in [2.05, 4.69) is 155 Å². The van der Waals surface area contributed by atoms with Crippen LogP contribution in [0.4, 0.5) is 0 Å². The summed E-state index contributed by atoms with van der Waals surface area (Å²) in [7, 11) is 0. The van der Waals surface area contributed by atoms with Crippen molar-refractivity contribution in [2.45, 2.75) is 66.7 Å². The third-order valence-electron chi connectivity index (χ3n) is 9.45. The Morgan fingerprint density at radius 1 is 0.617 bits per heavy atom. The second-order valence-corrected chi connectivity index (χ2v) is 13.5. The highest BCUT2D eigenvalue weighted by Crippen LogP contribution is 2.38. The molecule has 0 spiro atoms. The molecule has 0 atom stereocenters. The zero-order chi connectivity index (χ0) is 32.9. The molecule has 2 heterocycles. The molecule has 236 valence electrons. The summed E-state index contributed by atoms with van der Waals surface area (Å²) in [6.45, 7) is 15.5. The highest BCUT2D eigenvalue weighted by Gasteiger charge is 2.20. The van der Waals surface area contributed by atoms with Crippen LogP contribution < -0.4 is 4.74 Å². The Balaban J connectivity index is 1.29. The number of benzene rings is 5. The Labute approximate surface area is 278 Å². The van der Waals surface area contributed by atoms with Crippen molar-refractivity contribution >= 4 is 21.8 Å². The van der Waals surface area contributed by atoms with E-state index >= 15 is 0 Å². The van der Waals surface area contributed by atoms with Gasteiger partial charge in [0.25, 0.3) is 0 Å². The standard InChI is InChI=1S/C43H43N3O/c1-8-30-15-12-16-31(9-2)42(30)41-28(3)44-46(29(41)4)34-19-14-20-35(26-34)47-36-23-24-38-37-21-10-11-22-39(37)45(40(38)27-36)33-18-13-17-32(25-33)43(5,6)7/h10-27H,8-9H2,1-7H3. The van der Waals surface area contributed by atoms with Crippen LogP contribution >= 0.6 is 0 Å². The van der Waals surface area contributed by atoms with Gasteiger partial charge < -0.3 is 9.30 Å². The van der Waals surface area contributed by atoms with Crippen molar-refractivity contribution in [2.75, 3.05) is 0 Å². The number of para-hydroxylation sites is 1. The van der Waals surface area contributed by atoms with Gasteiger partial charge in [-0.25, -0.2) is 4.68 Å². The van der Waals surface area contributed by atoms with Gasteiger partial charge in [-0.05, 0) is 96.8 Å². The van der Waals surface area contributed by atoms with E-state index in [9.17, 15) is 0 Å². The molecule has 0 fully saturated rings. The molecule has 0 aliphatic rings. The highest BCUT2D eigenvalue weighted by molar-refractivity contribution is 6.09. The molecule has 0 radical (unpaired) electrons. The molecule has 0 amide bonds. The van der Waals surface area contributed by atoms with Crippen LogP contribution in [0.15, 0.2) is 109 Å². The number of nitrogens with zero attached hydrogens (tertiary/aromatic N) is 3. The fourth-order valence-electron chi connectivity index (χ4n) is 7.04. The van der Waals surface area contributed by atoms with Crippen molar-refractivity contribution in [1.29, 1.82) is 0 Å². The van der Waals surface area contributed by atoms with Crippen LogP contribution in [0.2, 0.25) is 0 Å². The molecule has 2 aromatic heterocycles. The quantitative estimate of drug-likeness (QED) is 0.178. The topological polar surface area (TPSA) is 32.0 Å². The fraction of sp³-hybridized carbons (Fsp3) is 0.233. The molecular weight excluding hydrogens is 574 g/mol. The Kier molecular flexibility index (Phi) is 7.76. The molecule has 0 aliphatic carbocycles. The Morgan fingerprint density at radius 3 is 2.02 bits per heavy atom. The van der Waals surface area contributed by atoms with Gasteiger partial charge >= 0.3 is 0 Å². The first-order valence-electron chi connectivity index (χ1n) is 16.8. The van der Waals surface area contributed by atoms with Gasteiger partial charge in [-0.3, -0.25) is 0 Å². The molecule has 7 rings (SSSR count). The lowest BCUT2D eigenvalue weighted by molar-refractivity contribution is 0.483. The summed E-state index contributed by atoms with van der Waals surface area (Å²) in [6.07, 6.45) is 1.98. The summed E-state index contributed by atoms with van der Waals surface area (Å²) in [4.78, 5) is 0. The summed E-state index contributed by atoms with van der Waals surface area (Å²) in [6, 6.07) is 38.9. The minimum absolute atomic E-state index is 0.0535. The van der Waals surface area contributed by atoms with Crippen molar-refractivity contribution in [2.24, 2.45) is 0 Å². The number of aromatic nitrogens is 3. The number of ether oxygens (including phenoxy) is 1. The van der Waals surface area contributed by atoms with Crippen LogP contribution in [0.1, 0.15) is 62.7 Å². The maximum atomic E-state index is 6.59. The molecule has 4 nitrogen and oxygen atoms in total. The SMILES string of the molecule is CCc1cccc(CC)c1-c1c(C)nn(-c2cccc(Oc3ccc4c5ccccc5n(-c5cccc(C(C)(C)C)c5)c4c3)c2)c1C. The lowest BCUT2D eigenvalue weighted by atomic mass is 9.87.